The molecule has 1 heterocycles. The summed E-state index contributed by atoms with van der Waals surface area (Å²) in [4.78, 5) is 2.25. The van der Waals surface area contributed by atoms with Gasteiger partial charge in [0.1, 0.15) is 11.3 Å². The average molecular weight is 348 g/mol. The van der Waals surface area contributed by atoms with Crippen molar-refractivity contribution in [1.29, 1.82) is 0 Å². The second-order valence-corrected chi connectivity index (χ2v) is 7.84. The van der Waals surface area contributed by atoms with Crippen molar-refractivity contribution in [3.05, 3.63) is 84.3 Å². The quantitative estimate of drug-likeness (QED) is 0.454. The van der Waals surface area contributed by atoms with E-state index < -0.39 is 0 Å². The van der Waals surface area contributed by atoms with Gasteiger partial charge in [-0.1, -0.05) is 45.2 Å². The van der Waals surface area contributed by atoms with Crippen molar-refractivity contribution in [2.75, 3.05) is 7.05 Å². The minimum absolute atomic E-state index is 0.0525. The molecule has 1 aliphatic carbocycles. The number of allylic oxidation sites excluding steroid dienone is 3. The first kappa shape index (κ1) is 18.3. The first-order valence-corrected chi connectivity index (χ1v) is 9.21. The minimum Gasteiger partial charge on any atom is -0.461 e. The Labute approximate surface area is 157 Å². The Morgan fingerprint density at radius 2 is 2.04 bits per heavy atom. The van der Waals surface area contributed by atoms with E-state index in [-0.39, 0.29) is 5.41 Å². The molecule has 2 heteroatoms. The van der Waals surface area contributed by atoms with Gasteiger partial charge < -0.3 is 9.32 Å². The van der Waals surface area contributed by atoms with Crippen LogP contribution in [0.5, 0.6) is 0 Å². The van der Waals surface area contributed by atoms with Gasteiger partial charge in [0.05, 0.1) is 6.04 Å². The van der Waals surface area contributed by atoms with Crippen molar-refractivity contribution in [1.82, 2.24) is 4.90 Å². The number of fused-ring (bicyclic) bond motifs is 1. The van der Waals surface area contributed by atoms with Crippen molar-refractivity contribution < 1.29 is 4.42 Å². The number of benzene rings is 1. The molecule has 0 N–H and O–H groups in total. The van der Waals surface area contributed by atoms with E-state index in [4.69, 9.17) is 4.42 Å². The number of hydrogen-bond acceptors (Lipinski definition) is 2. The highest BCUT2D eigenvalue weighted by Gasteiger charge is 2.42. The first-order chi connectivity index (χ1) is 12.3. The molecular weight excluding hydrogens is 318 g/mol. The van der Waals surface area contributed by atoms with Gasteiger partial charge in [-0.3, -0.25) is 0 Å². The van der Waals surface area contributed by atoms with Gasteiger partial charge in [-0.25, -0.2) is 0 Å². The van der Waals surface area contributed by atoms with Crippen LogP contribution in [0.15, 0.2) is 71.9 Å². The van der Waals surface area contributed by atoms with Crippen LogP contribution >= 0.6 is 0 Å². The molecular formula is C24H29NO. The van der Waals surface area contributed by atoms with Crippen molar-refractivity contribution in [3.8, 4) is 0 Å². The molecule has 0 aliphatic heterocycles. The molecule has 136 valence electrons. The molecule has 2 unspecified atom stereocenters. The zero-order chi connectivity index (χ0) is 19.1. The number of furan rings is 1. The lowest BCUT2D eigenvalue weighted by atomic mass is 9.65. The van der Waals surface area contributed by atoms with Gasteiger partial charge >= 0.3 is 0 Å². The van der Waals surface area contributed by atoms with Gasteiger partial charge in [0.15, 0.2) is 0 Å². The summed E-state index contributed by atoms with van der Waals surface area (Å²) in [5.74, 6) is 1.41. The normalized spacial score (nSPS) is 22.2. The highest BCUT2D eigenvalue weighted by molar-refractivity contribution is 5.81. The molecule has 2 nitrogen and oxygen atoms in total. The molecule has 26 heavy (non-hydrogen) atoms. The summed E-state index contributed by atoms with van der Waals surface area (Å²) >= 11 is 0. The topological polar surface area (TPSA) is 16.4 Å². The van der Waals surface area contributed by atoms with E-state index in [0.29, 0.717) is 12.0 Å². The van der Waals surface area contributed by atoms with Crippen molar-refractivity contribution in [2.24, 2.45) is 0 Å². The fraction of sp³-hybridized carbons (Fsp3) is 0.333. The van der Waals surface area contributed by atoms with E-state index in [2.05, 4.69) is 82.4 Å². The monoisotopic (exact) mass is 347 g/mol. The predicted octanol–water partition coefficient (Wildman–Crippen LogP) is 6.25. The SMILES string of the molecule is C=CC(=C)/C=C\N(C)C1C=CC1(C)c1cc2oc(C)cc2cc1C(C)C. The highest BCUT2D eigenvalue weighted by Crippen LogP contribution is 2.44. The fourth-order valence-corrected chi connectivity index (χ4v) is 3.83. The molecule has 0 radical (unpaired) electrons. The maximum absolute atomic E-state index is 5.92. The predicted molar refractivity (Wildman–Crippen MR) is 112 cm³/mol. The van der Waals surface area contributed by atoms with Crippen molar-refractivity contribution >= 4 is 11.0 Å². The smallest absolute Gasteiger partial charge is 0.134 e. The molecule has 3 rings (SSSR count). The second kappa shape index (κ2) is 6.68. The van der Waals surface area contributed by atoms with Crippen LogP contribution in [0.25, 0.3) is 11.0 Å². The molecule has 1 aliphatic rings. The number of nitrogens with zero attached hydrogens (tertiary/aromatic N) is 1. The minimum atomic E-state index is -0.0525. The summed E-state index contributed by atoms with van der Waals surface area (Å²) < 4.78 is 5.92. The Hall–Kier alpha value is -2.48. The van der Waals surface area contributed by atoms with Crippen LogP contribution in [-0.2, 0) is 5.41 Å². The zero-order valence-corrected chi connectivity index (χ0v) is 16.5. The van der Waals surface area contributed by atoms with Crippen LogP contribution in [0, 0.1) is 6.92 Å². The molecule has 1 aromatic heterocycles. The van der Waals surface area contributed by atoms with E-state index in [9.17, 15) is 0 Å². The molecule has 2 atom stereocenters. The highest BCUT2D eigenvalue weighted by atomic mass is 16.3. The number of hydrogen-bond donors (Lipinski definition) is 0. The van der Waals surface area contributed by atoms with Crippen LogP contribution in [0.4, 0.5) is 0 Å². The summed E-state index contributed by atoms with van der Waals surface area (Å²) in [6.07, 6.45) is 10.4. The molecule has 0 amide bonds. The molecule has 0 saturated heterocycles. The molecule has 1 aromatic carbocycles. The fourth-order valence-electron chi connectivity index (χ4n) is 3.83. The van der Waals surface area contributed by atoms with E-state index in [1.54, 1.807) is 6.08 Å². The van der Waals surface area contributed by atoms with Gasteiger partial charge in [-0.2, -0.15) is 0 Å². The van der Waals surface area contributed by atoms with Gasteiger partial charge in [-0.05, 0) is 66.9 Å². The molecule has 0 spiro atoms. The number of likely N-dealkylation sites (N-methyl/N-ethyl adjacent to an activating group) is 1. The summed E-state index contributed by atoms with van der Waals surface area (Å²) in [5.41, 5.74) is 4.58. The van der Waals surface area contributed by atoms with Gasteiger partial charge in [0.25, 0.3) is 0 Å². The van der Waals surface area contributed by atoms with E-state index in [1.165, 1.54) is 16.5 Å². The Kier molecular flexibility index (Phi) is 4.70. The van der Waals surface area contributed by atoms with Gasteiger partial charge in [-0.15, -0.1) is 0 Å². The van der Waals surface area contributed by atoms with Gasteiger partial charge in [0.2, 0.25) is 0 Å². The second-order valence-electron chi connectivity index (χ2n) is 7.84. The van der Waals surface area contributed by atoms with E-state index >= 15 is 0 Å². The Bertz CT molecular complexity index is 912. The molecule has 0 saturated carbocycles. The van der Waals surface area contributed by atoms with Crippen molar-refractivity contribution in [3.63, 3.8) is 0 Å². The molecule has 0 fully saturated rings. The summed E-state index contributed by atoms with van der Waals surface area (Å²) in [7, 11) is 2.11. The van der Waals surface area contributed by atoms with Crippen LogP contribution < -0.4 is 0 Å². The lowest BCUT2D eigenvalue weighted by molar-refractivity contribution is 0.263. The largest absolute Gasteiger partial charge is 0.461 e. The van der Waals surface area contributed by atoms with E-state index in [0.717, 1.165) is 16.9 Å². The number of rotatable bonds is 6. The summed E-state index contributed by atoms with van der Waals surface area (Å²) in [5, 5.41) is 1.19. The Morgan fingerprint density at radius 3 is 2.62 bits per heavy atom. The van der Waals surface area contributed by atoms with Crippen LogP contribution in [0.2, 0.25) is 0 Å². The standard InChI is InChI=1S/C24H29NO/c1-8-17(4)10-12-25(7)23-9-11-24(23,6)21-15-22-19(13-18(5)26-22)14-20(21)16(2)3/h8-16,23H,1,4H2,2-3,5-7H3/b12-10-. The maximum atomic E-state index is 5.92. The summed E-state index contributed by atoms with van der Waals surface area (Å²) in [6.45, 7) is 16.6. The summed E-state index contributed by atoms with van der Waals surface area (Å²) in [6, 6.07) is 6.96. The Morgan fingerprint density at radius 1 is 1.31 bits per heavy atom. The van der Waals surface area contributed by atoms with Crippen molar-refractivity contribution in [2.45, 2.75) is 45.1 Å². The third-order valence-corrected chi connectivity index (χ3v) is 5.48. The van der Waals surface area contributed by atoms with Crippen LogP contribution in [0.1, 0.15) is 43.6 Å². The van der Waals surface area contributed by atoms with Gasteiger partial charge in [0, 0.05) is 17.8 Å². The zero-order valence-electron chi connectivity index (χ0n) is 16.5. The van der Waals surface area contributed by atoms with E-state index in [1.807, 2.05) is 13.0 Å². The third-order valence-electron chi connectivity index (χ3n) is 5.48. The first-order valence-electron chi connectivity index (χ1n) is 9.21. The molecule has 2 aromatic rings. The Balaban J connectivity index is 2.03. The lowest BCUT2D eigenvalue weighted by Gasteiger charge is -2.46. The number of aryl methyl sites for hydroxylation is 1. The average Bonchev–Trinajstić information content (AvgIpc) is 2.95. The van der Waals surface area contributed by atoms with Crippen LogP contribution in [-0.4, -0.2) is 18.0 Å². The third kappa shape index (κ3) is 3.05. The maximum Gasteiger partial charge on any atom is 0.134 e. The molecule has 0 bridgehead atoms. The van der Waals surface area contributed by atoms with Crippen LogP contribution in [0.3, 0.4) is 0 Å². The lowest BCUT2D eigenvalue weighted by Crippen LogP contribution is -2.49.